The first-order valence-corrected chi connectivity index (χ1v) is 8.10. The molecule has 0 amide bonds. The maximum absolute atomic E-state index is 6.35. The van der Waals surface area contributed by atoms with Gasteiger partial charge in [0.25, 0.3) is 0 Å². The van der Waals surface area contributed by atoms with Crippen molar-refractivity contribution in [2.24, 2.45) is 5.92 Å². The van der Waals surface area contributed by atoms with Gasteiger partial charge in [0.05, 0.1) is 0 Å². The molecular weight excluding hydrogens is 260 g/mol. The molecule has 1 aliphatic rings. The van der Waals surface area contributed by atoms with Crippen molar-refractivity contribution in [1.82, 2.24) is 4.98 Å². The molecule has 0 spiro atoms. The molecule has 0 bridgehead atoms. The number of rotatable bonds is 4. The molecule has 1 aliphatic carbocycles. The van der Waals surface area contributed by atoms with Gasteiger partial charge in [-0.1, -0.05) is 38.3 Å². The van der Waals surface area contributed by atoms with E-state index in [0.29, 0.717) is 17.8 Å². The molecular formula is C18H24N2O. The molecule has 1 fully saturated rings. The highest BCUT2D eigenvalue weighted by Crippen LogP contribution is 2.32. The Morgan fingerprint density at radius 3 is 2.76 bits per heavy atom. The topological polar surface area (TPSA) is 48.1 Å². The zero-order chi connectivity index (χ0) is 14.7. The lowest BCUT2D eigenvalue weighted by molar-refractivity contribution is 0.105. The van der Waals surface area contributed by atoms with Crippen LogP contribution in [-0.2, 0) is 0 Å². The van der Waals surface area contributed by atoms with E-state index in [1.807, 2.05) is 24.3 Å². The number of para-hydroxylation sites is 1. The molecule has 3 nitrogen and oxygen atoms in total. The molecule has 3 heteroatoms. The third-order valence-corrected chi connectivity index (χ3v) is 4.56. The first kappa shape index (κ1) is 14.2. The van der Waals surface area contributed by atoms with Crippen LogP contribution in [0.25, 0.3) is 10.9 Å². The number of nitrogens with two attached hydrogens (primary N) is 1. The monoisotopic (exact) mass is 284 g/mol. The first-order chi connectivity index (χ1) is 10.3. The number of aromatic nitrogens is 1. The van der Waals surface area contributed by atoms with Crippen LogP contribution in [0, 0.1) is 5.92 Å². The van der Waals surface area contributed by atoms with Crippen molar-refractivity contribution in [3.05, 3.63) is 30.3 Å². The first-order valence-electron chi connectivity index (χ1n) is 8.10. The molecule has 21 heavy (non-hydrogen) atoms. The summed E-state index contributed by atoms with van der Waals surface area (Å²) >= 11 is 0. The highest BCUT2D eigenvalue weighted by atomic mass is 16.5. The van der Waals surface area contributed by atoms with Gasteiger partial charge in [-0.15, -0.1) is 0 Å². The molecule has 0 radical (unpaired) electrons. The minimum Gasteiger partial charge on any atom is -0.488 e. The summed E-state index contributed by atoms with van der Waals surface area (Å²) in [6.07, 6.45) is 7.97. The molecule has 1 saturated carbocycles. The lowest BCUT2D eigenvalue weighted by Crippen LogP contribution is -2.28. The van der Waals surface area contributed by atoms with Crippen molar-refractivity contribution >= 4 is 16.7 Å². The molecule has 1 unspecified atom stereocenters. The summed E-state index contributed by atoms with van der Waals surface area (Å²) in [5.74, 6) is 2.10. The predicted octanol–water partition coefficient (Wildman–Crippen LogP) is 4.55. The lowest BCUT2D eigenvalue weighted by Gasteiger charge is -2.30. The average Bonchev–Trinajstić information content (AvgIpc) is 2.53. The Kier molecular flexibility index (Phi) is 4.28. The summed E-state index contributed by atoms with van der Waals surface area (Å²) in [7, 11) is 0. The van der Waals surface area contributed by atoms with E-state index in [1.54, 1.807) is 0 Å². The molecule has 2 N–H and O–H groups in total. The van der Waals surface area contributed by atoms with E-state index in [2.05, 4.69) is 18.0 Å². The quantitative estimate of drug-likeness (QED) is 0.895. The second-order valence-electron chi connectivity index (χ2n) is 6.03. The Labute approximate surface area is 126 Å². The van der Waals surface area contributed by atoms with Crippen LogP contribution in [-0.4, -0.2) is 11.1 Å². The normalized spacial score (nSPS) is 17.8. The van der Waals surface area contributed by atoms with E-state index in [1.165, 1.54) is 32.1 Å². The highest BCUT2D eigenvalue weighted by molar-refractivity contribution is 5.85. The largest absolute Gasteiger partial charge is 0.488 e. The van der Waals surface area contributed by atoms with Crippen molar-refractivity contribution in [1.29, 1.82) is 0 Å². The van der Waals surface area contributed by atoms with Gasteiger partial charge in [0.15, 0.2) is 0 Å². The van der Waals surface area contributed by atoms with E-state index >= 15 is 0 Å². The van der Waals surface area contributed by atoms with Crippen molar-refractivity contribution in [2.75, 3.05) is 5.73 Å². The minimum atomic E-state index is 0.291. The molecule has 3 rings (SSSR count). The van der Waals surface area contributed by atoms with E-state index in [0.717, 1.165) is 23.1 Å². The van der Waals surface area contributed by atoms with Gasteiger partial charge in [-0.2, -0.15) is 0 Å². The molecule has 0 aliphatic heterocycles. The van der Waals surface area contributed by atoms with E-state index < -0.39 is 0 Å². The number of anilines is 1. The standard InChI is InChI=1S/C18H24N2O/c1-2-15(13-7-4-3-5-8-13)21-16-10-6-9-14-11-12-17(19)20-18(14)16/h6,9-13,15H,2-5,7-8H2,1H3,(H2,19,20). The van der Waals surface area contributed by atoms with Crippen molar-refractivity contribution in [3.8, 4) is 5.75 Å². The van der Waals surface area contributed by atoms with Gasteiger partial charge in [-0.05, 0) is 43.4 Å². The maximum atomic E-state index is 6.35. The van der Waals surface area contributed by atoms with Crippen LogP contribution in [0.4, 0.5) is 5.82 Å². The molecule has 1 heterocycles. The molecule has 0 saturated heterocycles. The van der Waals surface area contributed by atoms with Gasteiger partial charge in [-0.3, -0.25) is 0 Å². The average molecular weight is 284 g/mol. The van der Waals surface area contributed by atoms with Gasteiger partial charge in [0.2, 0.25) is 0 Å². The number of hydrogen-bond acceptors (Lipinski definition) is 3. The highest BCUT2D eigenvalue weighted by Gasteiger charge is 2.24. The van der Waals surface area contributed by atoms with Crippen LogP contribution in [0.2, 0.25) is 0 Å². The SMILES string of the molecule is CCC(Oc1cccc2ccc(N)nc12)C1CCCCC1. The summed E-state index contributed by atoms with van der Waals surface area (Å²) in [5.41, 5.74) is 6.71. The van der Waals surface area contributed by atoms with Crippen molar-refractivity contribution in [3.63, 3.8) is 0 Å². The van der Waals surface area contributed by atoms with Gasteiger partial charge < -0.3 is 10.5 Å². The summed E-state index contributed by atoms with van der Waals surface area (Å²) in [5, 5.41) is 1.08. The fourth-order valence-electron chi connectivity index (χ4n) is 3.41. The molecule has 1 atom stereocenters. The van der Waals surface area contributed by atoms with E-state index in [-0.39, 0.29) is 0 Å². The summed E-state index contributed by atoms with van der Waals surface area (Å²) in [6, 6.07) is 9.94. The smallest absolute Gasteiger partial charge is 0.146 e. The fourth-order valence-corrected chi connectivity index (χ4v) is 3.41. The Hall–Kier alpha value is -1.77. The Balaban J connectivity index is 1.87. The van der Waals surface area contributed by atoms with E-state index in [9.17, 15) is 0 Å². The third-order valence-electron chi connectivity index (χ3n) is 4.56. The van der Waals surface area contributed by atoms with Gasteiger partial charge in [0, 0.05) is 5.39 Å². The second kappa shape index (κ2) is 6.33. The molecule has 2 aromatic rings. The number of benzene rings is 1. The number of nitrogen functional groups attached to an aromatic ring is 1. The van der Waals surface area contributed by atoms with Crippen LogP contribution >= 0.6 is 0 Å². The molecule has 1 aromatic heterocycles. The zero-order valence-electron chi connectivity index (χ0n) is 12.7. The number of ether oxygens (including phenoxy) is 1. The number of fused-ring (bicyclic) bond motifs is 1. The van der Waals surface area contributed by atoms with Crippen LogP contribution in [0.1, 0.15) is 45.4 Å². The number of nitrogens with zero attached hydrogens (tertiary/aromatic N) is 1. The summed E-state index contributed by atoms with van der Waals surface area (Å²) in [4.78, 5) is 4.46. The maximum Gasteiger partial charge on any atom is 0.146 e. The van der Waals surface area contributed by atoms with Crippen molar-refractivity contribution < 1.29 is 4.74 Å². The van der Waals surface area contributed by atoms with Gasteiger partial charge >= 0.3 is 0 Å². The predicted molar refractivity (Wildman–Crippen MR) is 87.4 cm³/mol. The Bertz CT molecular complexity index is 605. The van der Waals surface area contributed by atoms with Crippen LogP contribution in [0.15, 0.2) is 30.3 Å². The third kappa shape index (κ3) is 3.12. The van der Waals surface area contributed by atoms with Crippen LogP contribution in [0.5, 0.6) is 5.75 Å². The summed E-state index contributed by atoms with van der Waals surface area (Å²) in [6.45, 7) is 2.21. The number of pyridine rings is 1. The minimum absolute atomic E-state index is 0.291. The Morgan fingerprint density at radius 2 is 2.00 bits per heavy atom. The molecule has 1 aromatic carbocycles. The fraction of sp³-hybridized carbons (Fsp3) is 0.500. The van der Waals surface area contributed by atoms with Crippen LogP contribution in [0.3, 0.4) is 0 Å². The van der Waals surface area contributed by atoms with Gasteiger partial charge in [-0.25, -0.2) is 4.98 Å². The number of hydrogen-bond donors (Lipinski definition) is 1. The zero-order valence-corrected chi connectivity index (χ0v) is 12.7. The Morgan fingerprint density at radius 1 is 1.19 bits per heavy atom. The summed E-state index contributed by atoms with van der Waals surface area (Å²) < 4.78 is 6.35. The van der Waals surface area contributed by atoms with Crippen LogP contribution < -0.4 is 10.5 Å². The second-order valence-corrected chi connectivity index (χ2v) is 6.03. The van der Waals surface area contributed by atoms with E-state index in [4.69, 9.17) is 10.5 Å². The van der Waals surface area contributed by atoms with Gasteiger partial charge in [0.1, 0.15) is 23.2 Å². The van der Waals surface area contributed by atoms with Crippen molar-refractivity contribution in [2.45, 2.75) is 51.6 Å². The molecule has 112 valence electrons. The lowest BCUT2D eigenvalue weighted by atomic mass is 9.84.